The van der Waals surface area contributed by atoms with E-state index in [4.69, 9.17) is 9.47 Å². The number of ether oxygens (including phenoxy) is 2. The quantitative estimate of drug-likeness (QED) is 0.323. The first-order valence-corrected chi connectivity index (χ1v) is 12.2. The molecule has 9 heteroatoms. The summed E-state index contributed by atoms with van der Waals surface area (Å²) in [5.41, 5.74) is 2.67. The molecule has 35 heavy (non-hydrogen) atoms. The lowest BCUT2D eigenvalue weighted by Gasteiger charge is -2.17. The van der Waals surface area contributed by atoms with Crippen LogP contribution in [0, 0.1) is 0 Å². The van der Waals surface area contributed by atoms with E-state index in [-0.39, 0.29) is 17.7 Å². The van der Waals surface area contributed by atoms with Crippen LogP contribution < -0.4 is 14.8 Å². The standard InChI is InChI=1S/C26H27N5O3S/c1-4-34-21-11-9-20(10-12-21)31-25(19-13-15-27-16-14-19)29-30-26(31)35-17-24(32)28-18(2)22-7-5-6-8-23(22)33-3/h5-16,18H,4,17H2,1-3H3,(H,28,32). The Bertz CT molecular complexity index is 1260. The highest BCUT2D eigenvalue weighted by molar-refractivity contribution is 7.99. The molecule has 1 amide bonds. The Morgan fingerprint density at radius 3 is 2.51 bits per heavy atom. The van der Waals surface area contributed by atoms with Gasteiger partial charge in [-0.3, -0.25) is 14.3 Å². The van der Waals surface area contributed by atoms with Gasteiger partial charge in [-0.25, -0.2) is 0 Å². The summed E-state index contributed by atoms with van der Waals surface area (Å²) in [6, 6.07) is 18.9. The second-order valence-electron chi connectivity index (χ2n) is 7.62. The number of para-hydroxylation sites is 1. The smallest absolute Gasteiger partial charge is 0.230 e. The van der Waals surface area contributed by atoms with E-state index in [9.17, 15) is 4.79 Å². The van der Waals surface area contributed by atoms with Crippen LogP contribution in [0.15, 0.2) is 78.2 Å². The highest BCUT2D eigenvalue weighted by Gasteiger charge is 2.19. The van der Waals surface area contributed by atoms with Gasteiger partial charge >= 0.3 is 0 Å². The topological polar surface area (TPSA) is 91.2 Å². The maximum atomic E-state index is 12.8. The number of rotatable bonds is 10. The van der Waals surface area contributed by atoms with Crippen LogP contribution in [0.2, 0.25) is 0 Å². The van der Waals surface area contributed by atoms with Crippen molar-refractivity contribution in [1.29, 1.82) is 0 Å². The van der Waals surface area contributed by atoms with E-state index in [0.717, 1.165) is 28.3 Å². The maximum Gasteiger partial charge on any atom is 0.230 e. The number of pyridine rings is 1. The molecule has 0 aliphatic carbocycles. The zero-order valence-corrected chi connectivity index (χ0v) is 20.7. The van der Waals surface area contributed by atoms with Crippen LogP contribution >= 0.6 is 11.8 Å². The van der Waals surface area contributed by atoms with Crippen molar-refractivity contribution >= 4 is 17.7 Å². The summed E-state index contributed by atoms with van der Waals surface area (Å²) in [5, 5.41) is 12.5. The summed E-state index contributed by atoms with van der Waals surface area (Å²) in [5.74, 6) is 2.27. The Hall–Kier alpha value is -3.85. The molecule has 0 aliphatic heterocycles. The fraction of sp³-hybridized carbons (Fsp3) is 0.231. The third kappa shape index (κ3) is 5.81. The summed E-state index contributed by atoms with van der Waals surface area (Å²) in [4.78, 5) is 16.9. The van der Waals surface area contributed by atoms with E-state index in [1.54, 1.807) is 19.5 Å². The SMILES string of the molecule is CCOc1ccc(-n2c(SCC(=O)NC(C)c3ccccc3OC)nnc2-c2ccncc2)cc1. The number of nitrogens with zero attached hydrogens (tertiary/aromatic N) is 4. The molecule has 1 N–H and O–H groups in total. The van der Waals surface area contributed by atoms with Gasteiger partial charge in [0.15, 0.2) is 11.0 Å². The first kappa shape index (κ1) is 24.3. The van der Waals surface area contributed by atoms with E-state index in [2.05, 4.69) is 20.5 Å². The minimum atomic E-state index is -0.199. The number of amides is 1. The molecular weight excluding hydrogens is 462 g/mol. The fourth-order valence-corrected chi connectivity index (χ4v) is 4.42. The third-order valence-electron chi connectivity index (χ3n) is 5.29. The van der Waals surface area contributed by atoms with Gasteiger partial charge in [-0.15, -0.1) is 10.2 Å². The molecule has 0 aliphatic rings. The van der Waals surface area contributed by atoms with Crippen LogP contribution in [0.25, 0.3) is 17.1 Å². The Kier molecular flexibility index (Phi) is 7.99. The average Bonchev–Trinajstić information content (AvgIpc) is 3.32. The second kappa shape index (κ2) is 11.5. The molecule has 4 aromatic rings. The van der Waals surface area contributed by atoms with Crippen LogP contribution in [-0.2, 0) is 4.79 Å². The summed E-state index contributed by atoms with van der Waals surface area (Å²) >= 11 is 1.33. The number of hydrogen-bond acceptors (Lipinski definition) is 7. The molecule has 180 valence electrons. The molecular formula is C26H27N5O3S. The van der Waals surface area contributed by atoms with Gasteiger partial charge in [-0.1, -0.05) is 30.0 Å². The van der Waals surface area contributed by atoms with E-state index in [1.165, 1.54) is 11.8 Å². The molecule has 0 saturated heterocycles. The molecule has 8 nitrogen and oxygen atoms in total. The first-order valence-electron chi connectivity index (χ1n) is 11.2. The number of aromatic nitrogens is 4. The number of thioether (sulfide) groups is 1. The molecule has 2 aromatic carbocycles. The lowest BCUT2D eigenvalue weighted by molar-refractivity contribution is -0.119. The second-order valence-corrected chi connectivity index (χ2v) is 8.57. The Morgan fingerprint density at radius 1 is 1.06 bits per heavy atom. The van der Waals surface area contributed by atoms with Crippen molar-refractivity contribution in [2.75, 3.05) is 19.5 Å². The minimum Gasteiger partial charge on any atom is -0.496 e. The Labute approximate surface area is 208 Å². The predicted octanol–water partition coefficient (Wildman–Crippen LogP) is 4.71. The van der Waals surface area contributed by atoms with Crippen molar-refractivity contribution in [3.63, 3.8) is 0 Å². The molecule has 0 spiro atoms. The van der Waals surface area contributed by atoms with Gasteiger partial charge in [0.05, 0.1) is 25.5 Å². The normalized spacial score (nSPS) is 11.6. The number of hydrogen-bond donors (Lipinski definition) is 1. The van der Waals surface area contributed by atoms with Gasteiger partial charge in [0.25, 0.3) is 0 Å². The van der Waals surface area contributed by atoms with Gasteiger partial charge in [-0.05, 0) is 56.3 Å². The van der Waals surface area contributed by atoms with E-state index in [1.807, 2.05) is 79.1 Å². The highest BCUT2D eigenvalue weighted by atomic mass is 32.2. The van der Waals surface area contributed by atoms with Crippen LogP contribution in [0.3, 0.4) is 0 Å². The van der Waals surface area contributed by atoms with Gasteiger partial charge in [0.1, 0.15) is 11.5 Å². The van der Waals surface area contributed by atoms with Crippen molar-refractivity contribution in [3.05, 3.63) is 78.6 Å². The van der Waals surface area contributed by atoms with Crippen molar-refractivity contribution < 1.29 is 14.3 Å². The molecule has 1 atom stereocenters. The van der Waals surface area contributed by atoms with Gasteiger partial charge in [0.2, 0.25) is 5.91 Å². The molecule has 1 unspecified atom stereocenters. The largest absolute Gasteiger partial charge is 0.496 e. The van der Waals surface area contributed by atoms with Gasteiger partial charge in [-0.2, -0.15) is 0 Å². The summed E-state index contributed by atoms with van der Waals surface area (Å²) in [6.45, 7) is 4.48. The summed E-state index contributed by atoms with van der Waals surface area (Å²) < 4.78 is 12.9. The molecule has 2 heterocycles. The number of benzene rings is 2. The highest BCUT2D eigenvalue weighted by Crippen LogP contribution is 2.29. The summed E-state index contributed by atoms with van der Waals surface area (Å²) in [7, 11) is 1.62. The van der Waals surface area contributed by atoms with Crippen LogP contribution in [-0.4, -0.2) is 45.1 Å². The molecule has 0 fully saturated rings. The number of methoxy groups -OCH3 is 1. The van der Waals surface area contributed by atoms with Crippen LogP contribution in [0.1, 0.15) is 25.5 Å². The Balaban J connectivity index is 1.54. The van der Waals surface area contributed by atoms with Gasteiger partial charge < -0.3 is 14.8 Å². The first-order chi connectivity index (χ1) is 17.1. The lowest BCUT2D eigenvalue weighted by Crippen LogP contribution is -2.28. The number of carbonyl (C=O) groups excluding carboxylic acids is 1. The van der Waals surface area contributed by atoms with Crippen LogP contribution in [0.4, 0.5) is 0 Å². The van der Waals surface area contributed by atoms with Crippen molar-refractivity contribution in [2.24, 2.45) is 0 Å². The summed E-state index contributed by atoms with van der Waals surface area (Å²) in [6.07, 6.45) is 3.43. The fourth-order valence-electron chi connectivity index (χ4n) is 3.66. The number of nitrogens with one attached hydrogen (secondary N) is 1. The molecule has 0 saturated carbocycles. The van der Waals surface area contributed by atoms with Crippen LogP contribution in [0.5, 0.6) is 11.5 Å². The van der Waals surface area contributed by atoms with Crippen molar-refractivity contribution in [2.45, 2.75) is 25.0 Å². The predicted molar refractivity (Wildman–Crippen MR) is 136 cm³/mol. The van der Waals surface area contributed by atoms with E-state index in [0.29, 0.717) is 17.6 Å². The third-order valence-corrected chi connectivity index (χ3v) is 6.22. The number of carbonyl (C=O) groups is 1. The monoisotopic (exact) mass is 489 g/mol. The van der Waals surface area contributed by atoms with Crippen molar-refractivity contribution in [1.82, 2.24) is 25.1 Å². The van der Waals surface area contributed by atoms with Gasteiger partial charge in [0, 0.05) is 29.2 Å². The molecule has 2 aromatic heterocycles. The molecule has 0 radical (unpaired) electrons. The lowest BCUT2D eigenvalue weighted by atomic mass is 10.1. The molecule has 4 rings (SSSR count). The Morgan fingerprint density at radius 2 is 1.80 bits per heavy atom. The van der Waals surface area contributed by atoms with E-state index >= 15 is 0 Å². The maximum absolute atomic E-state index is 12.8. The zero-order valence-electron chi connectivity index (χ0n) is 19.8. The van der Waals surface area contributed by atoms with Crippen molar-refractivity contribution in [3.8, 4) is 28.6 Å². The molecule has 0 bridgehead atoms. The van der Waals surface area contributed by atoms with E-state index < -0.39 is 0 Å². The zero-order chi connectivity index (χ0) is 24.6. The average molecular weight is 490 g/mol. The minimum absolute atomic E-state index is 0.111.